The van der Waals surface area contributed by atoms with Gasteiger partial charge in [-0.25, -0.2) is 4.98 Å². The Kier molecular flexibility index (Phi) is 1.06. The third-order valence-corrected chi connectivity index (χ3v) is 1.40. The molecule has 0 aromatic carbocycles. The van der Waals surface area contributed by atoms with Gasteiger partial charge in [0.05, 0.1) is 5.35 Å². The third kappa shape index (κ3) is 0.722. The predicted octanol–water partition coefficient (Wildman–Crippen LogP) is -0.0521. The Morgan fingerprint density at radius 3 is 3.30 bits per heavy atom. The summed E-state index contributed by atoms with van der Waals surface area (Å²) < 4.78 is 0. The first-order valence-corrected chi connectivity index (χ1v) is 3.17. The van der Waals surface area contributed by atoms with E-state index in [1.807, 2.05) is 6.08 Å². The third-order valence-electron chi connectivity index (χ3n) is 1.22. The van der Waals surface area contributed by atoms with Gasteiger partial charge in [0.15, 0.2) is 0 Å². The summed E-state index contributed by atoms with van der Waals surface area (Å²) in [5.74, 6) is 0. The fourth-order valence-corrected chi connectivity index (χ4v) is 0.993. The number of aromatic nitrogens is 2. The van der Waals surface area contributed by atoms with E-state index in [-0.39, 0.29) is 0 Å². The topological polar surface area (TPSA) is 28.7 Å². The molecule has 3 heteroatoms. The molecule has 1 aromatic heterocycles. The number of nitrogens with zero attached hydrogens (tertiary/aromatic N) is 1. The lowest BCUT2D eigenvalue weighted by Crippen LogP contribution is -2.23. The SMILES string of the molecule is Clc1nc2c([nH]1)=C=C=CC=2. The molecule has 0 saturated carbocycles. The number of fused-ring (bicyclic) bond motifs is 1. The normalized spacial score (nSPS) is 12.1. The van der Waals surface area contributed by atoms with Crippen LogP contribution in [-0.2, 0) is 0 Å². The molecule has 1 aliphatic carbocycles. The average Bonchev–Trinajstić information content (AvgIpc) is 2.27. The summed E-state index contributed by atoms with van der Waals surface area (Å²) in [4.78, 5) is 6.80. The molecule has 0 bridgehead atoms. The van der Waals surface area contributed by atoms with Crippen molar-refractivity contribution < 1.29 is 0 Å². The van der Waals surface area contributed by atoms with Crippen molar-refractivity contribution in [3.05, 3.63) is 27.8 Å². The first kappa shape index (κ1) is 5.57. The minimum atomic E-state index is 0.394. The molecule has 10 heavy (non-hydrogen) atoms. The summed E-state index contributed by atoms with van der Waals surface area (Å²) in [5.41, 5.74) is 5.64. The maximum absolute atomic E-state index is 5.58. The Morgan fingerprint density at radius 1 is 1.60 bits per heavy atom. The molecule has 1 heterocycles. The molecule has 0 saturated heterocycles. The average molecular weight is 151 g/mol. The molecule has 0 aliphatic heterocycles. The number of nitrogens with one attached hydrogen (secondary N) is 1. The van der Waals surface area contributed by atoms with E-state index in [1.54, 1.807) is 6.08 Å². The Bertz CT molecular complexity index is 442. The molecule has 0 spiro atoms. The van der Waals surface area contributed by atoms with Crippen molar-refractivity contribution in [2.45, 2.75) is 0 Å². The second-order valence-corrected chi connectivity index (χ2v) is 2.25. The van der Waals surface area contributed by atoms with Crippen LogP contribution in [0.2, 0.25) is 5.28 Å². The van der Waals surface area contributed by atoms with Gasteiger partial charge in [0.1, 0.15) is 5.35 Å². The van der Waals surface area contributed by atoms with Crippen molar-refractivity contribution in [3.63, 3.8) is 0 Å². The van der Waals surface area contributed by atoms with E-state index in [0.29, 0.717) is 5.28 Å². The molecule has 0 fully saturated rings. The molecule has 1 aliphatic rings. The molecule has 2 rings (SSSR count). The zero-order valence-electron chi connectivity index (χ0n) is 4.98. The number of hydrogen-bond donors (Lipinski definition) is 1. The number of H-pyrrole nitrogens is 1. The first-order valence-electron chi connectivity index (χ1n) is 2.80. The lowest BCUT2D eigenvalue weighted by Gasteiger charge is -1.72. The number of imidazole rings is 1. The highest BCUT2D eigenvalue weighted by Crippen LogP contribution is 1.88. The quantitative estimate of drug-likeness (QED) is 0.516. The number of rotatable bonds is 0. The summed E-state index contributed by atoms with van der Waals surface area (Å²) in [5, 5.41) is 2.02. The Hall–Kier alpha value is -1.20. The summed E-state index contributed by atoms with van der Waals surface area (Å²) in [6.07, 6.45) is 3.58. The van der Waals surface area contributed by atoms with Gasteiger partial charge in [0, 0.05) is 0 Å². The molecular formula is C7H3ClN2. The molecule has 0 unspecified atom stereocenters. The van der Waals surface area contributed by atoms with Crippen molar-refractivity contribution in [1.82, 2.24) is 9.97 Å². The second kappa shape index (κ2) is 1.89. The molecule has 0 atom stereocenters. The van der Waals surface area contributed by atoms with Crippen LogP contribution in [0, 0.1) is 0 Å². The number of hydrogen-bond acceptors (Lipinski definition) is 1. The Labute approximate surface area is 61.9 Å². The lowest BCUT2D eigenvalue weighted by atomic mass is 10.4. The molecule has 2 nitrogen and oxygen atoms in total. The van der Waals surface area contributed by atoms with Crippen LogP contribution >= 0.6 is 11.6 Å². The molecular weight excluding hydrogens is 148 g/mol. The lowest BCUT2D eigenvalue weighted by molar-refractivity contribution is 1.29. The van der Waals surface area contributed by atoms with Crippen molar-refractivity contribution in [2.75, 3.05) is 0 Å². The van der Waals surface area contributed by atoms with Crippen LogP contribution in [0.3, 0.4) is 0 Å². The van der Waals surface area contributed by atoms with Gasteiger partial charge in [-0.05, 0) is 29.5 Å². The highest BCUT2D eigenvalue weighted by molar-refractivity contribution is 6.28. The summed E-state index contributed by atoms with van der Waals surface area (Å²) in [6, 6.07) is 0. The number of allylic oxidation sites excluding steroid dienone is 1. The molecule has 1 N–H and O–H groups in total. The van der Waals surface area contributed by atoms with Crippen molar-refractivity contribution in [2.24, 2.45) is 0 Å². The summed E-state index contributed by atoms with van der Waals surface area (Å²) in [7, 11) is 0. The van der Waals surface area contributed by atoms with Crippen LogP contribution in [0.1, 0.15) is 0 Å². The van der Waals surface area contributed by atoms with Crippen LogP contribution in [0.15, 0.2) is 11.8 Å². The minimum Gasteiger partial charge on any atom is -0.322 e. The van der Waals surface area contributed by atoms with Crippen LogP contribution in [0.5, 0.6) is 0 Å². The van der Waals surface area contributed by atoms with E-state index in [2.05, 4.69) is 21.4 Å². The van der Waals surface area contributed by atoms with E-state index >= 15 is 0 Å². The molecule has 0 radical (unpaired) electrons. The van der Waals surface area contributed by atoms with E-state index in [0.717, 1.165) is 10.7 Å². The van der Waals surface area contributed by atoms with Crippen molar-refractivity contribution in [1.29, 1.82) is 0 Å². The standard InChI is InChI=1S/C7H3ClN2/c8-7-9-5-3-1-2-4-6(5)10-7/h1,3H,(H,9,10). The van der Waals surface area contributed by atoms with E-state index < -0.39 is 0 Å². The summed E-state index contributed by atoms with van der Waals surface area (Å²) in [6.45, 7) is 0. The monoisotopic (exact) mass is 150 g/mol. The van der Waals surface area contributed by atoms with Crippen molar-refractivity contribution in [3.8, 4) is 0 Å². The van der Waals surface area contributed by atoms with E-state index in [1.165, 1.54) is 0 Å². The largest absolute Gasteiger partial charge is 0.322 e. The number of halogens is 1. The van der Waals surface area contributed by atoms with Crippen LogP contribution in [-0.4, -0.2) is 9.97 Å². The maximum Gasteiger partial charge on any atom is 0.201 e. The predicted molar refractivity (Wildman–Crippen MR) is 38.8 cm³/mol. The number of aromatic amines is 1. The molecule has 1 aromatic rings. The fourth-order valence-electron chi connectivity index (χ4n) is 0.807. The van der Waals surface area contributed by atoms with Gasteiger partial charge in [-0.15, -0.1) is 0 Å². The minimum absolute atomic E-state index is 0.394. The van der Waals surface area contributed by atoms with Gasteiger partial charge in [-0.3, -0.25) is 0 Å². The van der Waals surface area contributed by atoms with Crippen LogP contribution in [0.4, 0.5) is 0 Å². The summed E-state index contributed by atoms with van der Waals surface area (Å²) >= 11 is 5.58. The van der Waals surface area contributed by atoms with Crippen LogP contribution < -0.4 is 10.7 Å². The molecule has 0 amide bonds. The zero-order valence-corrected chi connectivity index (χ0v) is 5.74. The van der Waals surface area contributed by atoms with Gasteiger partial charge in [-0.2, -0.15) is 0 Å². The van der Waals surface area contributed by atoms with E-state index in [4.69, 9.17) is 11.6 Å². The highest BCUT2D eigenvalue weighted by Gasteiger charge is 1.92. The fraction of sp³-hybridized carbons (Fsp3) is 0. The Morgan fingerprint density at radius 2 is 2.50 bits per heavy atom. The Balaban J connectivity index is 3.09. The van der Waals surface area contributed by atoms with Crippen molar-refractivity contribution >= 4 is 23.4 Å². The van der Waals surface area contributed by atoms with Gasteiger partial charge in [-0.1, -0.05) is 5.73 Å². The van der Waals surface area contributed by atoms with Gasteiger partial charge < -0.3 is 4.98 Å². The zero-order chi connectivity index (χ0) is 6.97. The van der Waals surface area contributed by atoms with E-state index in [9.17, 15) is 0 Å². The second-order valence-electron chi connectivity index (χ2n) is 1.89. The van der Waals surface area contributed by atoms with Gasteiger partial charge in [0.25, 0.3) is 0 Å². The molecule has 48 valence electrons. The van der Waals surface area contributed by atoms with Crippen LogP contribution in [0.25, 0.3) is 11.8 Å². The highest BCUT2D eigenvalue weighted by atomic mass is 35.5. The smallest absolute Gasteiger partial charge is 0.201 e. The first-order chi connectivity index (χ1) is 4.86. The van der Waals surface area contributed by atoms with Gasteiger partial charge >= 0.3 is 0 Å². The van der Waals surface area contributed by atoms with Gasteiger partial charge in [0.2, 0.25) is 5.28 Å². The maximum atomic E-state index is 5.58.